The number of nitrogen functional groups attached to an aromatic ring is 1. The SMILES string of the molecule is COc1ccc(Nc2ccc(N)cc2C)c(C)c1. The molecular formula is C15H18N2O. The molecule has 3 heteroatoms. The molecule has 0 amide bonds. The van der Waals surface area contributed by atoms with Crippen LogP contribution in [-0.2, 0) is 0 Å². The van der Waals surface area contributed by atoms with Crippen LogP contribution in [-0.4, -0.2) is 7.11 Å². The minimum absolute atomic E-state index is 0.782. The molecule has 3 N–H and O–H groups in total. The normalized spacial score (nSPS) is 10.2. The Hall–Kier alpha value is -2.16. The Bertz CT molecular complexity index is 564. The number of methoxy groups -OCH3 is 1. The van der Waals surface area contributed by atoms with Gasteiger partial charge in [0.15, 0.2) is 0 Å². The van der Waals surface area contributed by atoms with Gasteiger partial charge in [0.05, 0.1) is 7.11 Å². The fourth-order valence-electron chi connectivity index (χ4n) is 1.88. The van der Waals surface area contributed by atoms with Gasteiger partial charge in [0.2, 0.25) is 0 Å². The maximum atomic E-state index is 5.74. The van der Waals surface area contributed by atoms with E-state index in [0.29, 0.717) is 0 Å². The van der Waals surface area contributed by atoms with Gasteiger partial charge in [-0.1, -0.05) is 0 Å². The summed E-state index contributed by atoms with van der Waals surface area (Å²) in [5.41, 5.74) is 10.9. The van der Waals surface area contributed by atoms with Crippen LogP contribution in [0.3, 0.4) is 0 Å². The van der Waals surface area contributed by atoms with Crippen LogP contribution in [0.1, 0.15) is 11.1 Å². The minimum atomic E-state index is 0.782. The van der Waals surface area contributed by atoms with Crippen LogP contribution in [0.25, 0.3) is 0 Å². The van der Waals surface area contributed by atoms with E-state index in [0.717, 1.165) is 33.9 Å². The third-order valence-electron chi connectivity index (χ3n) is 2.95. The lowest BCUT2D eigenvalue weighted by molar-refractivity contribution is 0.414. The summed E-state index contributed by atoms with van der Waals surface area (Å²) in [6.07, 6.45) is 0. The van der Waals surface area contributed by atoms with Crippen LogP contribution in [0.2, 0.25) is 0 Å². The van der Waals surface area contributed by atoms with Crippen LogP contribution in [0.4, 0.5) is 17.1 Å². The summed E-state index contributed by atoms with van der Waals surface area (Å²) in [5, 5.41) is 3.41. The van der Waals surface area contributed by atoms with E-state index in [4.69, 9.17) is 10.5 Å². The highest BCUT2D eigenvalue weighted by Crippen LogP contribution is 2.27. The highest BCUT2D eigenvalue weighted by Gasteiger charge is 2.03. The van der Waals surface area contributed by atoms with E-state index in [-0.39, 0.29) is 0 Å². The highest BCUT2D eigenvalue weighted by molar-refractivity contribution is 5.68. The largest absolute Gasteiger partial charge is 0.497 e. The number of hydrogen-bond donors (Lipinski definition) is 2. The maximum Gasteiger partial charge on any atom is 0.119 e. The predicted octanol–water partition coefficient (Wildman–Crippen LogP) is 3.64. The van der Waals surface area contributed by atoms with E-state index in [1.54, 1.807) is 7.11 Å². The first-order valence-electron chi connectivity index (χ1n) is 5.88. The van der Waals surface area contributed by atoms with Gasteiger partial charge in [0.1, 0.15) is 5.75 Å². The molecule has 18 heavy (non-hydrogen) atoms. The fourth-order valence-corrected chi connectivity index (χ4v) is 1.88. The van der Waals surface area contributed by atoms with Gasteiger partial charge in [0, 0.05) is 17.1 Å². The van der Waals surface area contributed by atoms with Crippen LogP contribution in [0.15, 0.2) is 36.4 Å². The van der Waals surface area contributed by atoms with Gasteiger partial charge in [0.25, 0.3) is 0 Å². The summed E-state index contributed by atoms with van der Waals surface area (Å²) in [6, 6.07) is 11.8. The smallest absolute Gasteiger partial charge is 0.119 e. The minimum Gasteiger partial charge on any atom is -0.497 e. The molecule has 0 aromatic heterocycles. The van der Waals surface area contributed by atoms with Gasteiger partial charge < -0.3 is 15.8 Å². The molecule has 0 aliphatic heterocycles. The van der Waals surface area contributed by atoms with Gasteiger partial charge in [-0.3, -0.25) is 0 Å². The number of aryl methyl sites for hydroxylation is 2. The Morgan fingerprint density at radius 3 is 2.11 bits per heavy atom. The van der Waals surface area contributed by atoms with E-state index in [1.807, 2.05) is 43.3 Å². The van der Waals surface area contributed by atoms with Crippen LogP contribution in [0, 0.1) is 13.8 Å². The standard InChI is InChI=1S/C15H18N2O/c1-10-8-12(16)4-6-14(10)17-15-7-5-13(18-3)9-11(15)2/h4-9,17H,16H2,1-3H3. The fraction of sp³-hybridized carbons (Fsp3) is 0.200. The van der Waals surface area contributed by atoms with Crippen molar-refractivity contribution in [2.24, 2.45) is 0 Å². The Kier molecular flexibility index (Phi) is 3.42. The second-order valence-electron chi connectivity index (χ2n) is 4.38. The molecule has 0 atom stereocenters. The zero-order chi connectivity index (χ0) is 13.1. The van der Waals surface area contributed by atoms with Crippen LogP contribution in [0.5, 0.6) is 5.75 Å². The van der Waals surface area contributed by atoms with Gasteiger partial charge in [-0.25, -0.2) is 0 Å². The van der Waals surface area contributed by atoms with Crippen molar-refractivity contribution in [2.75, 3.05) is 18.2 Å². The number of hydrogen-bond acceptors (Lipinski definition) is 3. The van der Waals surface area contributed by atoms with Crippen molar-refractivity contribution < 1.29 is 4.74 Å². The van der Waals surface area contributed by atoms with E-state index in [1.165, 1.54) is 0 Å². The first-order valence-corrected chi connectivity index (χ1v) is 5.88. The quantitative estimate of drug-likeness (QED) is 0.808. The molecule has 0 aliphatic carbocycles. The van der Waals surface area contributed by atoms with Gasteiger partial charge >= 0.3 is 0 Å². The summed E-state index contributed by atoms with van der Waals surface area (Å²) in [4.78, 5) is 0. The second-order valence-corrected chi connectivity index (χ2v) is 4.38. The molecule has 0 bridgehead atoms. The lowest BCUT2D eigenvalue weighted by Gasteiger charge is -2.13. The molecule has 0 saturated carbocycles. The third-order valence-corrected chi connectivity index (χ3v) is 2.95. The van der Waals surface area contributed by atoms with Crippen molar-refractivity contribution in [3.8, 4) is 5.75 Å². The first-order chi connectivity index (χ1) is 8.60. The predicted molar refractivity (Wildman–Crippen MR) is 76.6 cm³/mol. The van der Waals surface area contributed by atoms with Gasteiger partial charge in [-0.05, 0) is 61.4 Å². The summed E-state index contributed by atoms with van der Waals surface area (Å²) in [6.45, 7) is 4.09. The molecule has 0 unspecified atom stereocenters. The molecule has 0 spiro atoms. The maximum absolute atomic E-state index is 5.74. The summed E-state index contributed by atoms with van der Waals surface area (Å²) in [5.74, 6) is 0.868. The Morgan fingerprint density at radius 2 is 1.56 bits per heavy atom. The van der Waals surface area contributed by atoms with E-state index in [2.05, 4.69) is 12.2 Å². The molecule has 2 aromatic carbocycles. The molecule has 0 aliphatic rings. The van der Waals surface area contributed by atoms with E-state index >= 15 is 0 Å². The van der Waals surface area contributed by atoms with E-state index < -0.39 is 0 Å². The van der Waals surface area contributed by atoms with Crippen molar-refractivity contribution in [3.05, 3.63) is 47.5 Å². The zero-order valence-electron chi connectivity index (χ0n) is 10.9. The van der Waals surface area contributed by atoms with Crippen molar-refractivity contribution >= 4 is 17.1 Å². The van der Waals surface area contributed by atoms with Crippen LogP contribution < -0.4 is 15.8 Å². The summed E-state index contributed by atoms with van der Waals surface area (Å²) >= 11 is 0. The van der Waals surface area contributed by atoms with Gasteiger partial charge in [-0.2, -0.15) is 0 Å². The zero-order valence-corrected chi connectivity index (χ0v) is 10.9. The molecule has 3 nitrogen and oxygen atoms in total. The average Bonchev–Trinajstić information content (AvgIpc) is 2.34. The molecule has 2 aromatic rings. The van der Waals surface area contributed by atoms with Crippen molar-refractivity contribution in [1.82, 2.24) is 0 Å². The number of nitrogens with two attached hydrogens (primary N) is 1. The lowest BCUT2D eigenvalue weighted by atomic mass is 10.1. The molecule has 0 saturated heterocycles. The van der Waals surface area contributed by atoms with Crippen molar-refractivity contribution in [1.29, 1.82) is 0 Å². The van der Waals surface area contributed by atoms with Crippen molar-refractivity contribution in [2.45, 2.75) is 13.8 Å². The molecule has 94 valence electrons. The number of nitrogens with one attached hydrogen (secondary N) is 1. The number of anilines is 3. The molecular weight excluding hydrogens is 224 g/mol. The number of ether oxygens (including phenoxy) is 1. The van der Waals surface area contributed by atoms with Gasteiger partial charge in [-0.15, -0.1) is 0 Å². The number of benzene rings is 2. The Balaban J connectivity index is 2.28. The van der Waals surface area contributed by atoms with E-state index in [9.17, 15) is 0 Å². The average molecular weight is 242 g/mol. The summed E-state index contributed by atoms with van der Waals surface area (Å²) in [7, 11) is 1.67. The molecule has 0 radical (unpaired) electrons. The van der Waals surface area contributed by atoms with Crippen LogP contribution >= 0.6 is 0 Å². The molecule has 0 fully saturated rings. The lowest BCUT2D eigenvalue weighted by Crippen LogP contribution is -1.97. The second kappa shape index (κ2) is 5.00. The monoisotopic (exact) mass is 242 g/mol. The van der Waals surface area contributed by atoms with Crippen molar-refractivity contribution in [3.63, 3.8) is 0 Å². The Morgan fingerprint density at radius 1 is 0.944 bits per heavy atom. The molecule has 2 rings (SSSR count). The third kappa shape index (κ3) is 2.56. The Labute approximate surface area is 108 Å². The number of rotatable bonds is 3. The summed E-state index contributed by atoms with van der Waals surface area (Å²) < 4.78 is 5.20. The molecule has 0 heterocycles. The topological polar surface area (TPSA) is 47.3 Å². The first kappa shape index (κ1) is 12.3. The highest BCUT2D eigenvalue weighted by atomic mass is 16.5.